The Balaban J connectivity index is 1.45. The molecular formula is C21H20F3N5O3. The van der Waals surface area contributed by atoms with E-state index >= 15 is 0 Å². The molecule has 0 saturated heterocycles. The molecule has 0 fully saturated rings. The fraction of sp³-hybridized carbons (Fsp3) is 0.238. The first kappa shape index (κ1) is 22.8. The molecule has 11 heteroatoms. The van der Waals surface area contributed by atoms with Crippen molar-refractivity contribution >= 4 is 17.3 Å². The molecule has 3 aromatic rings. The summed E-state index contributed by atoms with van der Waals surface area (Å²) in [7, 11) is 0. The fourth-order valence-electron chi connectivity index (χ4n) is 2.96. The predicted molar refractivity (Wildman–Crippen MR) is 111 cm³/mol. The van der Waals surface area contributed by atoms with E-state index in [1.807, 2.05) is 36.5 Å². The molecule has 1 heterocycles. The van der Waals surface area contributed by atoms with Crippen molar-refractivity contribution in [1.82, 2.24) is 15.1 Å². The predicted octanol–water partition coefficient (Wildman–Crippen LogP) is 3.96. The van der Waals surface area contributed by atoms with Crippen LogP contribution in [0.25, 0.3) is 5.69 Å². The number of hydrogen-bond donors (Lipinski definition) is 2. The van der Waals surface area contributed by atoms with Crippen molar-refractivity contribution in [3.05, 3.63) is 82.2 Å². The van der Waals surface area contributed by atoms with Gasteiger partial charge in [0.25, 0.3) is 5.69 Å². The lowest BCUT2D eigenvalue weighted by atomic mass is 10.1. The monoisotopic (exact) mass is 447 g/mol. The molecule has 2 N–H and O–H groups in total. The maximum atomic E-state index is 12.7. The van der Waals surface area contributed by atoms with Crippen LogP contribution in [0.2, 0.25) is 0 Å². The number of para-hydroxylation sites is 1. The van der Waals surface area contributed by atoms with Crippen LogP contribution < -0.4 is 10.6 Å². The molecule has 0 aliphatic carbocycles. The zero-order valence-electron chi connectivity index (χ0n) is 16.8. The van der Waals surface area contributed by atoms with E-state index in [9.17, 15) is 28.1 Å². The number of nitrogens with one attached hydrogen (secondary N) is 2. The number of nitro benzene ring substituents is 1. The Morgan fingerprint density at radius 3 is 2.56 bits per heavy atom. The fourth-order valence-corrected chi connectivity index (χ4v) is 2.96. The maximum absolute atomic E-state index is 12.7. The Morgan fingerprint density at radius 1 is 1.12 bits per heavy atom. The number of aromatic nitrogens is 2. The number of amides is 1. The summed E-state index contributed by atoms with van der Waals surface area (Å²) in [6, 6.07) is 11.8. The first-order valence-corrected chi connectivity index (χ1v) is 9.69. The van der Waals surface area contributed by atoms with Crippen LogP contribution in [-0.2, 0) is 17.4 Å². The van der Waals surface area contributed by atoms with Gasteiger partial charge in [-0.2, -0.15) is 18.3 Å². The molecule has 1 aromatic heterocycles. The van der Waals surface area contributed by atoms with E-state index in [0.717, 1.165) is 23.4 Å². The van der Waals surface area contributed by atoms with Gasteiger partial charge in [0, 0.05) is 31.8 Å². The van der Waals surface area contributed by atoms with Crippen LogP contribution in [0, 0.1) is 10.1 Å². The molecule has 0 bridgehead atoms. The number of aryl methyl sites for hydroxylation is 1. The third-order valence-corrected chi connectivity index (χ3v) is 4.58. The van der Waals surface area contributed by atoms with Crippen molar-refractivity contribution in [1.29, 1.82) is 0 Å². The summed E-state index contributed by atoms with van der Waals surface area (Å²) in [6.07, 6.45) is -0.439. The SMILES string of the molecule is O=C(CCc1cnn(-c2ccccc2)c1)NCCNc1ccc(C(F)(F)F)cc1[N+](=O)[O-]. The van der Waals surface area contributed by atoms with Crippen molar-refractivity contribution in [3.63, 3.8) is 0 Å². The highest BCUT2D eigenvalue weighted by atomic mass is 19.4. The van der Waals surface area contributed by atoms with Crippen LogP contribution in [0.4, 0.5) is 24.5 Å². The number of carbonyl (C=O) groups is 1. The molecule has 168 valence electrons. The Hall–Kier alpha value is -3.89. The number of benzene rings is 2. The van der Waals surface area contributed by atoms with Gasteiger partial charge in [0.05, 0.1) is 22.4 Å². The Morgan fingerprint density at radius 2 is 1.88 bits per heavy atom. The standard InChI is InChI=1S/C21H20F3N5O3/c22-21(23,24)16-7-8-18(19(12-16)29(31)32)25-10-11-26-20(30)9-6-15-13-27-28(14-15)17-4-2-1-3-5-17/h1-5,7-8,12-14,25H,6,9-11H2,(H,26,30). The Labute approximate surface area is 181 Å². The number of nitro groups is 1. The molecule has 0 atom stereocenters. The molecule has 0 unspecified atom stereocenters. The molecule has 2 aromatic carbocycles. The van der Waals surface area contributed by atoms with Crippen molar-refractivity contribution in [2.45, 2.75) is 19.0 Å². The highest BCUT2D eigenvalue weighted by molar-refractivity contribution is 5.76. The second kappa shape index (κ2) is 9.94. The first-order valence-electron chi connectivity index (χ1n) is 9.69. The molecule has 0 saturated carbocycles. The van der Waals surface area contributed by atoms with E-state index in [4.69, 9.17) is 0 Å². The van der Waals surface area contributed by atoms with Crippen molar-refractivity contribution in [2.24, 2.45) is 0 Å². The second-order valence-electron chi connectivity index (χ2n) is 6.89. The summed E-state index contributed by atoms with van der Waals surface area (Å²) in [5, 5.41) is 20.7. The zero-order chi connectivity index (χ0) is 23.1. The third kappa shape index (κ3) is 6.06. The number of carbonyl (C=O) groups excluding carboxylic acids is 1. The number of hydrogen-bond acceptors (Lipinski definition) is 5. The molecule has 0 aliphatic heterocycles. The largest absolute Gasteiger partial charge is 0.416 e. The minimum atomic E-state index is -4.67. The first-order chi connectivity index (χ1) is 15.2. The summed E-state index contributed by atoms with van der Waals surface area (Å²) in [5.74, 6) is -0.221. The lowest BCUT2D eigenvalue weighted by Crippen LogP contribution is -2.29. The third-order valence-electron chi connectivity index (χ3n) is 4.58. The van der Waals surface area contributed by atoms with Gasteiger partial charge in [0.1, 0.15) is 5.69 Å². The number of rotatable bonds is 9. The van der Waals surface area contributed by atoms with E-state index in [1.165, 1.54) is 0 Å². The minimum absolute atomic E-state index is 0.0504. The van der Waals surface area contributed by atoms with Gasteiger partial charge in [-0.25, -0.2) is 4.68 Å². The lowest BCUT2D eigenvalue weighted by Gasteiger charge is -2.11. The normalized spacial score (nSPS) is 11.2. The second-order valence-corrected chi connectivity index (χ2v) is 6.89. The number of alkyl halides is 3. The van der Waals surface area contributed by atoms with Gasteiger partial charge in [0.15, 0.2) is 0 Å². The van der Waals surface area contributed by atoms with Crippen LogP contribution in [-0.4, -0.2) is 33.7 Å². The summed E-state index contributed by atoms with van der Waals surface area (Å²) >= 11 is 0. The van der Waals surface area contributed by atoms with E-state index < -0.39 is 22.4 Å². The van der Waals surface area contributed by atoms with Crippen LogP contribution >= 0.6 is 0 Å². The topological polar surface area (TPSA) is 102 Å². The van der Waals surface area contributed by atoms with E-state index in [2.05, 4.69) is 15.7 Å². The van der Waals surface area contributed by atoms with Gasteiger partial charge in [-0.3, -0.25) is 14.9 Å². The number of nitrogens with zero attached hydrogens (tertiary/aromatic N) is 3. The molecule has 3 rings (SSSR count). The highest BCUT2D eigenvalue weighted by Gasteiger charge is 2.33. The number of halogens is 3. The summed E-state index contributed by atoms with van der Waals surface area (Å²) < 4.78 is 40.0. The average molecular weight is 447 g/mol. The van der Waals surface area contributed by atoms with Crippen LogP contribution in [0.1, 0.15) is 17.5 Å². The minimum Gasteiger partial charge on any atom is -0.378 e. The molecule has 8 nitrogen and oxygen atoms in total. The summed E-state index contributed by atoms with van der Waals surface area (Å²) in [4.78, 5) is 22.2. The van der Waals surface area contributed by atoms with E-state index in [-0.39, 0.29) is 31.1 Å². The van der Waals surface area contributed by atoms with Gasteiger partial charge in [-0.15, -0.1) is 0 Å². The van der Waals surface area contributed by atoms with E-state index in [1.54, 1.807) is 10.9 Å². The van der Waals surface area contributed by atoms with Crippen molar-refractivity contribution in [2.75, 3.05) is 18.4 Å². The quantitative estimate of drug-likeness (QED) is 0.294. The van der Waals surface area contributed by atoms with Gasteiger partial charge < -0.3 is 10.6 Å². The van der Waals surface area contributed by atoms with Gasteiger partial charge in [0.2, 0.25) is 5.91 Å². The Kier molecular flexibility index (Phi) is 7.08. The highest BCUT2D eigenvalue weighted by Crippen LogP contribution is 2.34. The van der Waals surface area contributed by atoms with Crippen molar-refractivity contribution in [3.8, 4) is 5.69 Å². The molecule has 1 amide bonds. The lowest BCUT2D eigenvalue weighted by molar-refractivity contribution is -0.384. The van der Waals surface area contributed by atoms with Crippen LogP contribution in [0.15, 0.2) is 60.9 Å². The summed E-state index contributed by atoms with van der Waals surface area (Å²) in [5.41, 5.74) is -0.0278. The average Bonchev–Trinajstić information content (AvgIpc) is 3.24. The molecule has 32 heavy (non-hydrogen) atoms. The van der Waals surface area contributed by atoms with Gasteiger partial charge >= 0.3 is 6.18 Å². The van der Waals surface area contributed by atoms with Gasteiger partial charge in [-0.1, -0.05) is 18.2 Å². The van der Waals surface area contributed by atoms with E-state index in [0.29, 0.717) is 12.5 Å². The molecule has 0 radical (unpaired) electrons. The van der Waals surface area contributed by atoms with Crippen LogP contribution in [0.3, 0.4) is 0 Å². The van der Waals surface area contributed by atoms with Crippen LogP contribution in [0.5, 0.6) is 0 Å². The maximum Gasteiger partial charge on any atom is 0.416 e. The molecular weight excluding hydrogens is 427 g/mol. The molecule has 0 aliphatic rings. The smallest absolute Gasteiger partial charge is 0.378 e. The summed E-state index contributed by atoms with van der Waals surface area (Å²) in [6.45, 7) is 0.268. The number of anilines is 1. The van der Waals surface area contributed by atoms with Gasteiger partial charge in [-0.05, 0) is 36.2 Å². The Bertz CT molecular complexity index is 1080. The zero-order valence-corrected chi connectivity index (χ0v) is 16.8. The van der Waals surface area contributed by atoms with Crippen molar-refractivity contribution < 1.29 is 22.9 Å². The molecule has 0 spiro atoms.